The summed E-state index contributed by atoms with van der Waals surface area (Å²) in [5.74, 6) is 0.151. The van der Waals surface area contributed by atoms with Crippen molar-refractivity contribution in [3.05, 3.63) is 59.2 Å². The summed E-state index contributed by atoms with van der Waals surface area (Å²) in [5, 5.41) is 20.0. The second-order valence-electron chi connectivity index (χ2n) is 9.24. The summed E-state index contributed by atoms with van der Waals surface area (Å²) in [6.07, 6.45) is -0.999. The third kappa shape index (κ3) is 6.33. The van der Waals surface area contributed by atoms with Crippen molar-refractivity contribution in [3.63, 3.8) is 0 Å². The Morgan fingerprint density at radius 2 is 1.85 bits per heavy atom. The molecule has 0 amide bonds. The third-order valence-electron chi connectivity index (χ3n) is 5.86. The van der Waals surface area contributed by atoms with Crippen LogP contribution in [0.25, 0.3) is 0 Å². The summed E-state index contributed by atoms with van der Waals surface area (Å²) in [4.78, 5) is 2.25. The number of anilines is 1. The van der Waals surface area contributed by atoms with Gasteiger partial charge in [0.05, 0.1) is 36.0 Å². The molecule has 3 rings (SSSR count). The lowest BCUT2D eigenvalue weighted by Gasteiger charge is -2.33. The van der Waals surface area contributed by atoms with E-state index >= 15 is 0 Å². The van der Waals surface area contributed by atoms with Crippen LogP contribution >= 0.6 is 0 Å². The molecule has 2 atom stereocenters. The van der Waals surface area contributed by atoms with Crippen molar-refractivity contribution >= 4 is 15.7 Å². The highest BCUT2D eigenvalue weighted by atomic mass is 32.2. The summed E-state index contributed by atoms with van der Waals surface area (Å²) in [6.45, 7) is 10.4. The third-order valence-corrected chi connectivity index (χ3v) is 7.66. The minimum atomic E-state index is -3.77. The molecule has 1 aliphatic heterocycles. The molecular formula is C25H36N2O5S. The van der Waals surface area contributed by atoms with E-state index in [1.54, 1.807) is 24.3 Å². The lowest BCUT2D eigenvalue weighted by Crippen LogP contribution is -2.45. The van der Waals surface area contributed by atoms with Crippen LogP contribution in [0.5, 0.6) is 0 Å². The Labute approximate surface area is 197 Å². The molecule has 1 fully saturated rings. The van der Waals surface area contributed by atoms with Crippen LogP contribution in [0.4, 0.5) is 5.69 Å². The summed E-state index contributed by atoms with van der Waals surface area (Å²) in [6, 6.07) is 12.3. The summed E-state index contributed by atoms with van der Waals surface area (Å²) in [5.41, 5.74) is 3.34. The number of benzene rings is 2. The van der Waals surface area contributed by atoms with Crippen LogP contribution in [0.1, 0.15) is 36.6 Å². The van der Waals surface area contributed by atoms with E-state index in [9.17, 15) is 18.6 Å². The van der Waals surface area contributed by atoms with Gasteiger partial charge in [-0.05, 0) is 49.1 Å². The van der Waals surface area contributed by atoms with E-state index in [1.165, 1.54) is 4.31 Å². The highest BCUT2D eigenvalue weighted by molar-refractivity contribution is 7.92. The number of ether oxygens (including phenoxy) is 1. The van der Waals surface area contributed by atoms with Gasteiger partial charge in [-0.2, -0.15) is 0 Å². The van der Waals surface area contributed by atoms with E-state index in [4.69, 9.17) is 4.74 Å². The molecule has 0 bridgehead atoms. The molecule has 182 valence electrons. The van der Waals surface area contributed by atoms with Gasteiger partial charge in [-0.15, -0.1) is 0 Å². The Hall–Kier alpha value is -1.97. The van der Waals surface area contributed by atoms with Gasteiger partial charge in [-0.1, -0.05) is 43.7 Å². The molecule has 7 nitrogen and oxygen atoms in total. The molecule has 0 radical (unpaired) electrons. The quantitative estimate of drug-likeness (QED) is 0.578. The van der Waals surface area contributed by atoms with Gasteiger partial charge in [0.2, 0.25) is 0 Å². The Morgan fingerprint density at radius 3 is 2.45 bits per heavy atom. The van der Waals surface area contributed by atoms with Crippen LogP contribution < -0.4 is 4.31 Å². The zero-order valence-electron chi connectivity index (χ0n) is 19.9. The van der Waals surface area contributed by atoms with Gasteiger partial charge in [0.25, 0.3) is 10.0 Å². The van der Waals surface area contributed by atoms with Gasteiger partial charge in [0.15, 0.2) is 0 Å². The molecular weight excluding hydrogens is 440 g/mol. The number of aliphatic hydroxyl groups is 2. The number of morpholine rings is 1. The fourth-order valence-electron chi connectivity index (χ4n) is 4.14. The topological polar surface area (TPSA) is 90.3 Å². The first-order chi connectivity index (χ1) is 15.6. The fourth-order valence-corrected chi connectivity index (χ4v) is 5.83. The van der Waals surface area contributed by atoms with Gasteiger partial charge in [0.1, 0.15) is 0 Å². The van der Waals surface area contributed by atoms with E-state index in [-0.39, 0.29) is 23.5 Å². The molecule has 2 aromatic rings. The first-order valence-electron chi connectivity index (χ1n) is 11.4. The van der Waals surface area contributed by atoms with Crippen molar-refractivity contribution in [2.75, 3.05) is 43.7 Å². The van der Waals surface area contributed by atoms with Crippen LogP contribution in [0.3, 0.4) is 0 Å². The van der Waals surface area contributed by atoms with Crippen LogP contribution in [0.2, 0.25) is 0 Å². The highest BCUT2D eigenvalue weighted by Crippen LogP contribution is 2.29. The van der Waals surface area contributed by atoms with E-state index in [1.807, 2.05) is 50.8 Å². The molecule has 2 unspecified atom stereocenters. The first-order valence-corrected chi connectivity index (χ1v) is 12.9. The van der Waals surface area contributed by atoms with Crippen molar-refractivity contribution in [2.45, 2.75) is 44.8 Å². The zero-order valence-corrected chi connectivity index (χ0v) is 20.8. The lowest BCUT2D eigenvalue weighted by molar-refractivity contribution is -0.0618. The minimum Gasteiger partial charge on any atom is -0.394 e. The van der Waals surface area contributed by atoms with Gasteiger partial charge in [0, 0.05) is 26.2 Å². The molecule has 2 N–H and O–H groups in total. The average molecular weight is 477 g/mol. The molecule has 2 aromatic carbocycles. The first kappa shape index (κ1) is 25.6. The normalized spacial score (nSPS) is 18.5. The minimum absolute atomic E-state index is 0.0491. The Morgan fingerprint density at radius 1 is 1.15 bits per heavy atom. The number of hydrogen-bond acceptors (Lipinski definition) is 6. The van der Waals surface area contributed by atoms with Crippen LogP contribution in [0.15, 0.2) is 47.4 Å². The predicted molar refractivity (Wildman–Crippen MR) is 130 cm³/mol. The number of aliphatic hydroxyl groups excluding tert-OH is 2. The highest BCUT2D eigenvalue weighted by Gasteiger charge is 2.28. The van der Waals surface area contributed by atoms with Gasteiger partial charge in [-0.3, -0.25) is 9.21 Å². The van der Waals surface area contributed by atoms with Crippen molar-refractivity contribution in [1.82, 2.24) is 4.90 Å². The number of hydrogen-bond donors (Lipinski definition) is 2. The van der Waals surface area contributed by atoms with Crippen molar-refractivity contribution in [3.8, 4) is 0 Å². The number of aryl methyl sites for hydroxylation is 2. The number of nitrogens with zero attached hydrogens (tertiary/aromatic N) is 2. The Balaban J connectivity index is 1.80. The maximum atomic E-state index is 13.6. The maximum absolute atomic E-state index is 13.6. The zero-order chi connectivity index (χ0) is 24.2. The van der Waals surface area contributed by atoms with Gasteiger partial charge < -0.3 is 14.9 Å². The van der Waals surface area contributed by atoms with Crippen molar-refractivity contribution in [2.24, 2.45) is 5.92 Å². The SMILES string of the molecule is Cc1ccc(N(CC(C)C)S(=O)(=O)c2ccc(C(O)CN3CCOC(CO)C3)cc2)c(C)c1. The number of rotatable bonds is 9. The molecule has 0 spiro atoms. The fraction of sp³-hybridized carbons (Fsp3) is 0.520. The second-order valence-corrected chi connectivity index (χ2v) is 11.1. The average Bonchev–Trinajstić information content (AvgIpc) is 2.78. The largest absolute Gasteiger partial charge is 0.394 e. The number of β-amino-alcohol motifs (C(OH)–C–C–N with tert-alkyl or cyclic N) is 1. The van der Waals surface area contributed by atoms with E-state index in [0.717, 1.165) is 11.1 Å². The molecule has 0 aromatic heterocycles. The summed E-state index contributed by atoms with van der Waals surface area (Å²) >= 11 is 0. The molecule has 1 aliphatic rings. The molecule has 0 saturated carbocycles. The Kier molecular flexibility index (Phi) is 8.53. The standard InChI is InChI=1S/C25H36N2O5S/c1-18(2)14-27(24-10-5-19(3)13-20(24)4)33(30,31)23-8-6-21(7-9-23)25(29)16-26-11-12-32-22(15-26)17-28/h5-10,13,18,22,25,28-29H,11-12,14-17H2,1-4H3. The van der Waals surface area contributed by atoms with Crippen LogP contribution in [0, 0.1) is 19.8 Å². The second kappa shape index (κ2) is 11.0. The van der Waals surface area contributed by atoms with Crippen LogP contribution in [-0.2, 0) is 14.8 Å². The molecule has 33 heavy (non-hydrogen) atoms. The molecule has 8 heteroatoms. The lowest BCUT2D eigenvalue weighted by atomic mass is 10.1. The van der Waals surface area contributed by atoms with Gasteiger partial charge >= 0.3 is 0 Å². The van der Waals surface area contributed by atoms with E-state index in [2.05, 4.69) is 0 Å². The smallest absolute Gasteiger partial charge is 0.264 e. The maximum Gasteiger partial charge on any atom is 0.264 e. The molecule has 1 saturated heterocycles. The van der Waals surface area contributed by atoms with Crippen molar-refractivity contribution in [1.29, 1.82) is 0 Å². The van der Waals surface area contributed by atoms with Crippen LogP contribution in [-0.4, -0.2) is 69.0 Å². The Bertz CT molecular complexity index is 1020. The summed E-state index contributed by atoms with van der Waals surface area (Å²) in [7, 11) is -3.77. The predicted octanol–water partition coefficient (Wildman–Crippen LogP) is 2.88. The molecule has 0 aliphatic carbocycles. The number of sulfonamides is 1. The summed E-state index contributed by atoms with van der Waals surface area (Å²) < 4.78 is 34.1. The molecule has 1 heterocycles. The van der Waals surface area contributed by atoms with Gasteiger partial charge in [-0.25, -0.2) is 8.42 Å². The monoisotopic (exact) mass is 476 g/mol. The van der Waals surface area contributed by atoms with Crippen molar-refractivity contribution < 1.29 is 23.4 Å². The van der Waals surface area contributed by atoms with E-state index < -0.39 is 16.1 Å². The van der Waals surface area contributed by atoms with E-state index in [0.29, 0.717) is 44.0 Å².